The third-order valence-electron chi connectivity index (χ3n) is 3.80. The SMILES string of the molecule is Cc1nn(C(=O)c2c(F)c(F)c(F)c(F)c2F)c(C)c1Sc1ccccc1. The molecule has 27 heavy (non-hydrogen) atoms. The van der Waals surface area contributed by atoms with Crippen LogP contribution in [0.5, 0.6) is 0 Å². The van der Waals surface area contributed by atoms with E-state index in [4.69, 9.17) is 0 Å². The first-order valence-electron chi connectivity index (χ1n) is 7.59. The highest BCUT2D eigenvalue weighted by Gasteiger charge is 2.32. The minimum absolute atomic E-state index is 0.218. The van der Waals surface area contributed by atoms with E-state index in [0.717, 1.165) is 4.90 Å². The van der Waals surface area contributed by atoms with Crippen LogP contribution >= 0.6 is 11.8 Å². The Morgan fingerprint density at radius 3 is 1.96 bits per heavy atom. The van der Waals surface area contributed by atoms with Crippen LogP contribution in [-0.4, -0.2) is 15.7 Å². The number of carbonyl (C=O) groups is 1. The average molecular weight is 398 g/mol. The molecule has 9 heteroatoms. The molecule has 0 radical (unpaired) electrons. The standard InChI is InChI=1S/C18H11F5N2OS/c1-8-17(27-10-6-4-3-5-7-10)9(2)25(24-8)18(26)11-12(19)14(21)16(23)15(22)13(11)20/h3-7H,1-2H3. The molecule has 0 aliphatic rings. The van der Waals surface area contributed by atoms with Gasteiger partial charge in [-0.25, -0.2) is 22.0 Å². The zero-order valence-corrected chi connectivity index (χ0v) is 14.8. The number of carbonyl (C=O) groups excluding carboxylic acids is 1. The number of aromatic nitrogens is 2. The van der Waals surface area contributed by atoms with Crippen LogP contribution in [0.3, 0.4) is 0 Å². The van der Waals surface area contributed by atoms with Crippen molar-refractivity contribution in [1.29, 1.82) is 0 Å². The summed E-state index contributed by atoms with van der Waals surface area (Å²) >= 11 is 1.26. The van der Waals surface area contributed by atoms with Crippen molar-refractivity contribution < 1.29 is 26.7 Å². The molecular formula is C18H11F5N2OS. The molecule has 3 nitrogen and oxygen atoms in total. The van der Waals surface area contributed by atoms with Crippen molar-refractivity contribution in [1.82, 2.24) is 9.78 Å². The largest absolute Gasteiger partial charge is 0.284 e. The second-order valence-corrected chi connectivity index (χ2v) is 6.66. The normalized spacial score (nSPS) is 11.1. The molecule has 0 aliphatic heterocycles. The van der Waals surface area contributed by atoms with Crippen LogP contribution in [0.25, 0.3) is 0 Å². The van der Waals surface area contributed by atoms with E-state index >= 15 is 0 Å². The van der Waals surface area contributed by atoms with Crippen molar-refractivity contribution in [2.45, 2.75) is 23.6 Å². The molecule has 0 aliphatic carbocycles. The van der Waals surface area contributed by atoms with E-state index in [1.165, 1.54) is 18.7 Å². The smallest absolute Gasteiger partial charge is 0.266 e. The van der Waals surface area contributed by atoms with Crippen molar-refractivity contribution in [2.75, 3.05) is 0 Å². The van der Waals surface area contributed by atoms with Crippen LogP contribution in [-0.2, 0) is 0 Å². The molecule has 1 aromatic heterocycles. The summed E-state index contributed by atoms with van der Waals surface area (Å²) in [5.74, 6) is -12.5. The van der Waals surface area contributed by atoms with E-state index in [1.54, 1.807) is 19.1 Å². The molecule has 1 heterocycles. The number of rotatable bonds is 3. The molecule has 0 unspecified atom stereocenters. The molecule has 0 bridgehead atoms. The lowest BCUT2D eigenvalue weighted by molar-refractivity contribution is 0.0930. The second-order valence-electron chi connectivity index (χ2n) is 5.58. The fourth-order valence-electron chi connectivity index (χ4n) is 2.48. The van der Waals surface area contributed by atoms with Gasteiger partial charge in [0.15, 0.2) is 23.3 Å². The van der Waals surface area contributed by atoms with Crippen LogP contribution < -0.4 is 0 Å². The fraction of sp³-hybridized carbons (Fsp3) is 0.111. The van der Waals surface area contributed by atoms with Gasteiger partial charge in [-0.15, -0.1) is 0 Å². The topological polar surface area (TPSA) is 34.9 Å². The van der Waals surface area contributed by atoms with Crippen molar-refractivity contribution in [3.8, 4) is 0 Å². The van der Waals surface area contributed by atoms with Crippen LogP contribution in [0.15, 0.2) is 40.1 Å². The van der Waals surface area contributed by atoms with Crippen molar-refractivity contribution >= 4 is 17.7 Å². The summed E-state index contributed by atoms with van der Waals surface area (Å²) in [6.45, 7) is 3.04. The van der Waals surface area contributed by atoms with Crippen molar-refractivity contribution in [3.63, 3.8) is 0 Å². The first kappa shape index (κ1) is 19.1. The molecule has 0 amide bonds. The maximum atomic E-state index is 13.9. The molecule has 3 aromatic rings. The first-order valence-corrected chi connectivity index (χ1v) is 8.41. The van der Waals surface area contributed by atoms with Crippen LogP contribution in [0, 0.1) is 42.9 Å². The van der Waals surface area contributed by atoms with Gasteiger partial charge in [0.25, 0.3) is 5.91 Å². The quantitative estimate of drug-likeness (QED) is 0.352. The molecule has 2 aromatic carbocycles. The summed E-state index contributed by atoms with van der Waals surface area (Å²) in [5.41, 5.74) is -0.956. The van der Waals surface area contributed by atoms with Gasteiger partial charge in [0, 0.05) is 4.90 Å². The van der Waals surface area contributed by atoms with E-state index in [0.29, 0.717) is 15.3 Å². The van der Waals surface area contributed by atoms with Gasteiger partial charge >= 0.3 is 0 Å². The summed E-state index contributed by atoms with van der Waals surface area (Å²) in [6, 6.07) is 9.05. The van der Waals surface area contributed by atoms with Crippen LogP contribution in [0.2, 0.25) is 0 Å². The zero-order chi connectivity index (χ0) is 19.9. The number of hydrogen-bond donors (Lipinski definition) is 0. The van der Waals surface area contributed by atoms with E-state index in [2.05, 4.69) is 5.10 Å². The summed E-state index contributed by atoms with van der Waals surface area (Å²) < 4.78 is 68.5. The Labute approximate surface area is 154 Å². The lowest BCUT2D eigenvalue weighted by Crippen LogP contribution is -2.21. The van der Waals surface area contributed by atoms with E-state index in [-0.39, 0.29) is 5.69 Å². The summed E-state index contributed by atoms with van der Waals surface area (Å²) in [5, 5.41) is 3.92. The monoisotopic (exact) mass is 398 g/mol. The molecule has 0 fully saturated rings. The minimum Gasteiger partial charge on any atom is -0.266 e. The van der Waals surface area contributed by atoms with Gasteiger partial charge in [-0.1, -0.05) is 30.0 Å². The summed E-state index contributed by atoms with van der Waals surface area (Å²) in [6.07, 6.45) is 0. The molecule has 0 saturated heterocycles. The van der Waals surface area contributed by atoms with Gasteiger partial charge in [0.1, 0.15) is 5.56 Å². The highest BCUT2D eigenvalue weighted by Crippen LogP contribution is 2.33. The van der Waals surface area contributed by atoms with Gasteiger partial charge in [0.05, 0.1) is 16.3 Å². The summed E-state index contributed by atoms with van der Waals surface area (Å²) in [4.78, 5) is 13.9. The molecular weight excluding hydrogens is 387 g/mol. The summed E-state index contributed by atoms with van der Waals surface area (Å²) in [7, 11) is 0. The molecule has 0 N–H and O–H groups in total. The Balaban J connectivity index is 2.09. The predicted molar refractivity (Wildman–Crippen MR) is 88.2 cm³/mol. The number of aryl methyl sites for hydroxylation is 1. The molecule has 0 spiro atoms. The number of hydrogen-bond acceptors (Lipinski definition) is 3. The Morgan fingerprint density at radius 2 is 1.41 bits per heavy atom. The molecule has 0 saturated carbocycles. The third kappa shape index (κ3) is 3.23. The Kier molecular flexibility index (Phi) is 5.05. The van der Waals surface area contributed by atoms with E-state index in [9.17, 15) is 26.7 Å². The lowest BCUT2D eigenvalue weighted by Gasteiger charge is -2.08. The van der Waals surface area contributed by atoms with E-state index < -0.39 is 40.6 Å². The fourth-order valence-corrected chi connectivity index (χ4v) is 3.43. The average Bonchev–Trinajstić information content (AvgIpc) is 2.94. The van der Waals surface area contributed by atoms with Crippen LogP contribution in [0.1, 0.15) is 21.7 Å². The van der Waals surface area contributed by atoms with Gasteiger partial charge in [-0.2, -0.15) is 9.78 Å². The Morgan fingerprint density at radius 1 is 0.889 bits per heavy atom. The molecule has 3 rings (SSSR count). The van der Waals surface area contributed by atoms with Crippen LogP contribution in [0.4, 0.5) is 22.0 Å². The van der Waals surface area contributed by atoms with Gasteiger partial charge in [-0.3, -0.25) is 4.79 Å². The Hall–Kier alpha value is -2.68. The number of nitrogens with zero attached hydrogens (tertiary/aromatic N) is 2. The van der Waals surface area contributed by atoms with Crippen molar-refractivity contribution in [3.05, 3.63) is 76.4 Å². The number of benzene rings is 2. The van der Waals surface area contributed by atoms with Gasteiger partial charge in [0.2, 0.25) is 5.82 Å². The van der Waals surface area contributed by atoms with Gasteiger partial charge in [-0.05, 0) is 26.0 Å². The second kappa shape index (κ2) is 7.15. The molecule has 140 valence electrons. The predicted octanol–water partition coefficient (Wildman–Crippen LogP) is 5.04. The molecule has 0 atom stereocenters. The highest BCUT2D eigenvalue weighted by atomic mass is 32.2. The number of halogens is 5. The van der Waals surface area contributed by atoms with Crippen molar-refractivity contribution in [2.24, 2.45) is 0 Å². The highest BCUT2D eigenvalue weighted by molar-refractivity contribution is 7.99. The minimum atomic E-state index is -2.32. The van der Waals surface area contributed by atoms with Gasteiger partial charge < -0.3 is 0 Å². The zero-order valence-electron chi connectivity index (χ0n) is 14.0. The Bertz CT molecular complexity index is 1020. The third-order valence-corrected chi connectivity index (χ3v) is 5.11. The van der Waals surface area contributed by atoms with E-state index in [1.807, 2.05) is 18.2 Å². The maximum absolute atomic E-state index is 13.9. The maximum Gasteiger partial charge on any atom is 0.284 e. The first-order chi connectivity index (χ1) is 12.7. The lowest BCUT2D eigenvalue weighted by atomic mass is 10.1.